The van der Waals surface area contributed by atoms with Crippen molar-refractivity contribution >= 4 is 28.2 Å². The third kappa shape index (κ3) is 5.83. The summed E-state index contributed by atoms with van der Waals surface area (Å²) in [6.45, 7) is 2.23. The fourth-order valence-electron chi connectivity index (χ4n) is 3.75. The largest absolute Gasteiger partial charge is 0.507 e. The smallest absolute Gasteiger partial charge is 0.171 e. The molecule has 0 atom stereocenters. The molecule has 0 spiro atoms. The Morgan fingerprint density at radius 1 is 0.897 bits per heavy atom. The second-order valence-corrected chi connectivity index (χ2v) is 8.17. The Balaban J connectivity index is 1.68. The molecule has 29 heavy (non-hydrogen) atoms. The van der Waals surface area contributed by atoms with Crippen LogP contribution in [0.25, 0.3) is 10.8 Å². The van der Waals surface area contributed by atoms with Crippen LogP contribution in [-0.2, 0) is 12.8 Å². The summed E-state index contributed by atoms with van der Waals surface area (Å²) in [6, 6.07) is 17.1. The molecule has 3 aromatic carbocycles. The van der Waals surface area contributed by atoms with Gasteiger partial charge in [0.25, 0.3) is 0 Å². The predicted octanol–water partition coefficient (Wildman–Crippen LogP) is 7.53. The van der Waals surface area contributed by atoms with E-state index in [1.807, 2.05) is 36.4 Å². The van der Waals surface area contributed by atoms with E-state index >= 15 is 0 Å². The fourth-order valence-corrected chi connectivity index (χ4v) is 3.93. The molecule has 0 unspecified atom stereocenters. The SMILES string of the molecule is CCCCCCCCc1ccc(Cl)c(CC(=O)c2cc3ccccc3cc2O)c1. The van der Waals surface area contributed by atoms with Crippen LogP contribution in [0.5, 0.6) is 5.75 Å². The maximum Gasteiger partial charge on any atom is 0.171 e. The molecule has 0 aromatic heterocycles. The molecule has 0 saturated heterocycles. The molecule has 1 N–H and O–H groups in total. The first-order valence-corrected chi connectivity index (χ1v) is 11.0. The Kier molecular flexibility index (Phi) is 7.71. The van der Waals surface area contributed by atoms with Gasteiger partial charge in [0.05, 0.1) is 5.56 Å². The average molecular weight is 409 g/mol. The summed E-state index contributed by atoms with van der Waals surface area (Å²) in [7, 11) is 0. The molecule has 0 aliphatic carbocycles. The summed E-state index contributed by atoms with van der Waals surface area (Å²) >= 11 is 6.37. The highest BCUT2D eigenvalue weighted by atomic mass is 35.5. The lowest BCUT2D eigenvalue weighted by Gasteiger charge is -2.10. The number of halogens is 1. The molecule has 3 heteroatoms. The van der Waals surface area contributed by atoms with Crippen LogP contribution in [0, 0.1) is 0 Å². The number of aryl methyl sites for hydroxylation is 1. The van der Waals surface area contributed by atoms with Crippen LogP contribution in [0.2, 0.25) is 5.02 Å². The van der Waals surface area contributed by atoms with Gasteiger partial charge in [-0.1, -0.05) is 87.0 Å². The lowest BCUT2D eigenvalue weighted by molar-refractivity contribution is 0.0990. The maximum absolute atomic E-state index is 12.9. The van der Waals surface area contributed by atoms with Crippen LogP contribution in [0.3, 0.4) is 0 Å². The first kappa shape index (κ1) is 21.4. The zero-order valence-electron chi connectivity index (χ0n) is 17.1. The van der Waals surface area contributed by atoms with Crippen molar-refractivity contribution in [2.24, 2.45) is 0 Å². The number of ketones is 1. The quantitative estimate of drug-likeness (QED) is 0.278. The molecule has 0 radical (unpaired) electrons. The molecule has 0 fully saturated rings. The second-order valence-electron chi connectivity index (χ2n) is 7.76. The number of hydrogen-bond acceptors (Lipinski definition) is 2. The first-order chi connectivity index (χ1) is 14.1. The lowest BCUT2D eigenvalue weighted by Crippen LogP contribution is -2.05. The van der Waals surface area contributed by atoms with Crippen molar-refractivity contribution in [3.8, 4) is 5.75 Å². The van der Waals surface area contributed by atoms with Crippen LogP contribution in [0.15, 0.2) is 54.6 Å². The molecule has 152 valence electrons. The highest BCUT2D eigenvalue weighted by Gasteiger charge is 2.15. The average Bonchev–Trinajstić information content (AvgIpc) is 2.72. The Bertz CT molecular complexity index is 978. The standard InChI is InChI=1S/C26H29ClO2/c1-2-3-4-5-6-7-10-19-13-14-24(27)22(15-19)18-26(29)23-16-20-11-8-9-12-21(20)17-25(23)28/h8-9,11-17,28H,2-7,10,18H2,1H3. The molecule has 0 aliphatic heterocycles. The van der Waals surface area contributed by atoms with Gasteiger partial charge < -0.3 is 5.11 Å². The number of phenols is 1. The number of phenolic OH excluding ortho intramolecular Hbond substituents is 1. The molecule has 3 rings (SSSR count). The summed E-state index contributed by atoms with van der Waals surface area (Å²) in [6.07, 6.45) is 8.77. The van der Waals surface area contributed by atoms with Gasteiger partial charge in [0.15, 0.2) is 5.78 Å². The number of aromatic hydroxyl groups is 1. The summed E-state index contributed by atoms with van der Waals surface area (Å²) in [4.78, 5) is 12.9. The van der Waals surface area contributed by atoms with E-state index < -0.39 is 0 Å². The van der Waals surface area contributed by atoms with E-state index in [1.165, 1.54) is 37.7 Å². The molecule has 0 aliphatic rings. The number of carbonyl (C=O) groups is 1. The second kappa shape index (κ2) is 10.5. The summed E-state index contributed by atoms with van der Waals surface area (Å²) < 4.78 is 0. The topological polar surface area (TPSA) is 37.3 Å². The van der Waals surface area contributed by atoms with Gasteiger partial charge in [0.1, 0.15) is 5.75 Å². The monoisotopic (exact) mass is 408 g/mol. The van der Waals surface area contributed by atoms with E-state index in [9.17, 15) is 9.90 Å². The van der Waals surface area contributed by atoms with Crippen molar-refractivity contribution in [3.05, 3.63) is 76.3 Å². The summed E-state index contributed by atoms with van der Waals surface area (Å²) in [5.41, 5.74) is 2.39. The first-order valence-electron chi connectivity index (χ1n) is 10.6. The van der Waals surface area contributed by atoms with Crippen molar-refractivity contribution in [1.82, 2.24) is 0 Å². The highest BCUT2D eigenvalue weighted by Crippen LogP contribution is 2.28. The van der Waals surface area contributed by atoms with Gasteiger partial charge in [-0.05, 0) is 52.9 Å². The molecule has 0 amide bonds. The van der Waals surface area contributed by atoms with Gasteiger partial charge >= 0.3 is 0 Å². The van der Waals surface area contributed by atoms with E-state index in [0.717, 1.165) is 29.2 Å². The third-order valence-electron chi connectivity index (χ3n) is 5.44. The number of benzene rings is 3. The number of fused-ring (bicyclic) bond motifs is 1. The van der Waals surface area contributed by atoms with E-state index in [4.69, 9.17) is 11.6 Å². The summed E-state index contributed by atoms with van der Waals surface area (Å²) in [5, 5.41) is 12.8. The zero-order valence-corrected chi connectivity index (χ0v) is 17.8. The Hall–Kier alpha value is -2.32. The van der Waals surface area contributed by atoms with E-state index in [2.05, 4.69) is 13.0 Å². The van der Waals surface area contributed by atoms with Gasteiger partial charge in [-0.25, -0.2) is 0 Å². The van der Waals surface area contributed by atoms with Gasteiger partial charge in [-0.15, -0.1) is 0 Å². The predicted molar refractivity (Wildman–Crippen MR) is 122 cm³/mol. The molecule has 0 heterocycles. The van der Waals surface area contributed by atoms with Crippen molar-refractivity contribution in [2.45, 2.75) is 58.3 Å². The van der Waals surface area contributed by atoms with Gasteiger partial charge in [-0.3, -0.25) is 4.79 Å². The maximum atomic E-state index is 12.9. The Labute approximate surface area is 178 Å². The number of rotatable bonds is 10. The number of Topliss-reactive ketones (excluding diaryl/α,β-unsaturated/α-hetero) is 1. The van der Waals surface area contributed by atoms with Crippen molar-refractivity contribution in [3.63, 3.8) is 0 Å². The highest BCUT2D eigenvalue weighted by molar-refractivity contribution is 6.31. The van der Waals surface area contributed by atoms with Crippen LogP contribution in [-0.4, -0.2) is 10.9 Å². The minimum absolute atomic E-state index is 0.0213. The normalized spacial score (nSPS) is 11.1. The van der Waals surface area contributed by atoms with Gasteiger partial charge in [0.2, 0.25) is 0 Å². The number of hydrogen-bond donors (Lipinski definition) is 1. The van der Waals surface area contributed by atoms with Crippen molar-refractivity contribution < 1.29 is 9.90 Å². The number of unbranched alkanes of at least 4 members (excludes halogenated alkanes) is 5. The van der Waals surface area contributed by atoms with Crippen LogP contribution < -0.4 is 0 Å². The number of carbonyl (C=O) groups excluding carboxylic acids is 1. The van der Waals surface area contributed by atoms with Crippen LogP contribution in [0.4, 0.5) is 0 Å². The van der Waals surface area contributed by atoms with E-state index in [-0.39, 0.29) is 18.0 Å². The molecule has 2 nitrogen and oxygen atoms in total. The van der Waals surface area contributed by atoms with Crippen LogP contribution >= 0.6 is 11.6 Å². The van der Waals surface area contributed by atoms with Crippen molar-refractivity contribution in [2.75, 3.05) is 0 Å². The zero-order chi connectivity index (χ0) is 20.6. The van der Waals surface area contributed by atoms with Gasteiger partial charge in [-0.2, -0.15) is 0 Å². The van der Waals surface area contributed by atoms with Gasteiger partial charge in [0, 0.05) is 11.4 Å². The molecular weight excluding hydrogens is 380 g/mol. The minimum atomic E-state index is -0.119. The molecule has 0 saturated carbocycles. The molecule has 3 aromatic rings. The van der Waals surface area contributed by atoms with Crippen molar-refractivity contribution in [1.29, 1.82) is 0 Å². The molecule has 0 bridgehead atoms. The fraction of sp³-hybridized carbons (Fsp3) is 0.346. The van der Waals surface area contributed by atoms with E-state index in [0.29, 0.717) is 10.6 Å². The summed E-state index contributed by atoms with van der Waals surface area (Å²) in [5.74, 6) is -0.0973. The minimum Gasteiger partial charge on any atom is -0.507 e. The lowest BCUT2D eigenvalue weighted by atomic mass is 9.97. The van der Waals surface area contributed by atoms with E-state index in [1.54, 1.807) is 12.1 Å². The Morgan fingerprint density at radius 3 is 2.34 bits per heavy atom. The Morgan fingerprint density at radius 2 is 1.59 bits per heavy atom. The third-order valence-corrected chi connectivity index (χ3v) is 5.81. The van der Waals surface area contributed by atoms with Crippen LogP contribution in [0.1, 0.15) is 66.9 Å². The molecular formula is C26H29ClO2.